The highest BCUT2D eigenvalue weighted by Crippen LogP contribution is 2.27. The summed E-state index contributed by atoms with van der Waals surface area (Å²) < 4.78 is 18.9. The van der Waals surface area contributed by atoms with Gasteiger partial charge in [0.15, 0.2) is 0 Å². The van der Waals surface area contributed by atoms with Gasteiger partial charge in [-0.2, -0.15) is 0 Å². The average Bonchev–Trinajstić information content (AvgIpc) is 2.71. The van der Waals surface area contributed by atoms with E-state index in [0.717, 1.165) is 37.2 Å². The zero-order valence-electron chi connectivity index (χ0n) is 17.2. The highest BCUT2D eigenvalue weighted by Gasteiger charge is 2.23. The Morgan fingerprint density at radius 3 is 2.69 bits per heavy atom. The standard InChI is InChI=1S/C23H30FN3O2/c1-17(16-29-2)26-23(28)15-27-11-9-19(10-12-27)22-8-7-18(14-25-22)13-20-5-3-4-6-21(20)24/h3-8,14,17,19H,9-13,15-16H2,1-2H3,(H,26,28)/t17-/m1/s1. The van der Waals surface area contributed by atoms with E-state index in [9.17, 15) is 9.18 Å². The third kappa shape index (κ3) is 6.34. The van der Waals surface area contributed by atoms with Crippen molar-refractivity contribution in [3.8, 4) is 0 Å². The molecule has 2 aromatic rings. The minimum Gasteiger partial charge on any atom is -0.383 e. The monoisotopic (exact) mass is 399 g/mol. The van der Waals surface area contributed by atoms with Gasteiger partial charge in [0.05, 0.1) is 13.2 Å². The van der Waals surface area contributed by atoms with Crippen LogP contribution in [0, 0.1) is 5.82 Å². The van der Waals surface area contributed by atoms with Crippen molar-refractivity contribution in [2.24, 2.45) is 0 Å². The molecular weight excluding hydrogens is 369 g/mol. The number of nitrogens with zero attached hydrogens (tertiary/aromatic N) is 2. The number of amides is 1. The first-order valence-electron chi connectivity index (χ1n) is 10.2. The molecule has 0 aliphatic carbocycles. The molecule has 1 atom stereocenters. The topological polar surface area (TPSA) is 54.5 Å². The maximum Gasteiger partial charge on any atom is 0.234 e. The molecule has 1 aliphatic rings. The molecule has 29 heavy (non-hydrogen) atoms. The highest BCUT2D eigenvalue weighted by molar-refractivity contribution is 5.78. The van der Waals surface area contributed by atoms with E-state index >= 15 is 0 Å². The van der Waals surface area contributed by atoms with Crippen LogP contribution in [0.3, 0.4) is 0 Å². The fourth-order valence-electron chi connectivity index (χ4n) is 3.85. The van der Waals surface area contributed by atoms with Crippen molar-refractivity contribution in [3.63, 3.8) is 0 Å². The Morgan fingerprint density at radius 1 is 1.28 bits per heavy atom. The number of carbonyl (C=O) groups excluding carboxylic acids is 1. The molecule has 156 valence electrons. The Hall–Kier alpha value is -2.31. The van der Waals surface area contributed by atoms with Crippen molar-refractivity contribution < 1.29 is 13.9 Å². The molecule has 5 nitrogen and oxygen atoms in total. The number of piperidine rings is 1. The predicted octanol–water partition coefficient (Wildman–Crippen LogP) is 3.14. The van der Waals surface area contributed by atoms with Crippen LogP contribution in [0.25, 0.3) is 0 Å². The number of nitrogens with one attached hydrogen (secondary N) is 1. The number of rotatable bonds is 8. The van der Waals surface area contributed by atoms with Gasteiger partial charge in [-0.05, 0) is 56.1 Å². The van der Waals surface area contributed by atoms with Crippen molar-refractivity contribution in [1.29, 1.82) is 0 Å². The van der Waals surface area contributed by atoms with Crippen LogP contribution in [-0.2, 0) is 16.0 Å². The zero-order valence-corrected chi connectivity index (χ0v) is 17.2. The minimum atomic E-state index is -0.176. The van der Waals surface area contributed by atoms with Crippen LogP contribution < -0.4 is 5.32 Å². The molecule has 2 heterocycles. The summed E-state index contributed by atoms with van der Waals surface area (Å²) in [5.41, 5.74) is 2.78. The molecule has 0 saturated carbocycles. The van der Waals surface area contributed by atoms with E-state index in [4.69, 9.17) is 4.74 Å². The summed E-state index contributed by atoms with van der Waals surface area (Å²) in [4.78, 5) is 18.9. The molecule has 1 saturated heterocycles. The minimum absolute atomic E-state index is 0.0251. The first-order chi connectivity index (χ1) is 14.0. The summed E-state index contributed by atoms with van der Waals surface area (Å²) in [6.45, 7) is 4.65. The second-order valence-electron chi connectivity index (χ2n) is 7.83. The number of benzene rings is 1. The molecule has 0 spiro atoms. The summed E-state index contributed by atoms with van der Waals surface area (Å²) in [5.74, 6) is 0.275. The largest absolute Gasteiger partial charge is 0.383 e. The number of aromatic nitrogens is 1. The van der Waals surface area contributed by atoms with E-state index in [1.165, 1.54) is 6.07 Å². The van der Waals surface area contributed by atoms with E-state index in [2.05, 4.69) is 21.3 Å². The third-order valence-electron chi connectivity index (χ3n) is 5.40. The summed E-state index contributed by atoms with van der Waals surface area (Å²) in [5, 5.41) is 2.96. The molecule has 0 unspecified atom stereocenters. The number of halogens is 1. The van der Waals surface area contributed by atoms with Crippen LogP contribution in [0.5, 0.6) is 0 Å². The number of pyridine rings is 1. The molecule has 0 bridgehead atoms. The quantitative estimate of drug-likeness (QED) is 0.741. The number of hydrogen-bond acceptors (Lipinski definition) is 4. The first-order valence-corrected chi connectivity index (χ1v) is 10.2. The predicted molar refractivity (Wildman–Crippen MR) is 111 cm³/mol. The molecular formula is C23H30FN3O2. The molecule has 3 rings (SSSR count). The molecule has 1 amide bonds. The van der Waals surface area contributed by atoms with Gasteiger partial charge in [-0.1, -0.05) is 24.3 Å². The lowest BCUT2D eigenvalue weighted by Crippen LogP contribution is -2.44. The lowest BCUT2D eigenvalue weighted by molar-refractivity contribution is -0.123. The first kappa shape index (κ1) is 21.4. The van der Waals surface area contributed by atoms with Crippen molar-refractivity contribution in [1.82, 2.24) is 15.2 Å². The van der Waals surface area contributed by atoms with E-state index in [-0.39, 0.29) is 17.8 Å². The van der Waals surface area contributed by atoms with E-state index < -0.39 is 0 Å². The van der Waals surface area contributed by atoms with Gasteiger partial charge in [-0.25, -0.2) is 4.39 Å². The van der Waals surface area contributed by atoms with Gasteiger partial charge in [-0.15, -0.1) is 0 Å². The molecule has 1 aliphatic heterocycles. The second-order valence-corrected chi connectivity index (χ2v) is 7.83. The smallest absolute Gasteiger partial charge is 0.234 e. The second kappa shape index (κ2) is 10.5. The van der Waals surface area contributed by atoms with Gasteiger partial charge >= 0.3 is 0 Å². The summed E-state index contributed by atoms with van der Waals surface area (Å²) >= 11 is 0. The Balaban J connectivity index is 1.47. The Bertz CT molecular complexity index is 789. The van der Waals surface area contributed by atoms with Gasteiger partial charge in [0.2, 0.25) is 5.91 Å². The van der Waals surface area contributed by atoms with Gasteiger partial charge in [0, 0.05) is 37.4 Å². The van der Waals surface area contributed by atoms with Crippen LogP contribution in [-0.4, -0.2) is 55.2 Å². The SMILES string of the molecule is COC[C@@H](C)NC(=O)CN1CCC(c2ccc(Cc3ccccc3F)cn2)CC1. The van der Waals surface area contributed by atoms with Crippen molar-refractivity contribution in [2.45, 2.75) is 38.1 Å². The Morgan fingerprint density at radius 2 is 2.03 bits per heavy atom. The molecule has 1 aromatic carbocycles. The normalized spacial score (nSPS) is 16.5. The van der Waals surface area contributed by atoms with Gasteiger partial charge in [0.25, 0.3) is 0 Å². The maximum atomic E-state index is 13.8. The van der Waals surface area contributed by atoms with E-state index in [1.807, 2.05) is 31.3 Å². The summed E-state index contributed by atoms with van der Waals surface area (Å²) in [6.07, 6.45) is 4.38. The lowest BCUT2D eigenvalue weighted by Gasteiger charge is -2.31. The van der Waals surface area contributed by atoms with Crippen LogP contribution in [0.1, 0.15) is 42.5 Å². The van der Waals surface area contributed by atoms with Crippen LogP contribution in [0.2, 0.25) is 0 Å². The fourth-order valence-corrected chi connectivity index (χ4v) is 3.85. The average molecular weight is 400 g/mol. The van der Waals surface area contributed by atoms with Gasteiger partial charge < -0.3 is 10.1 Å². The number of carbonyl (C=O) groups is 1. The van der Waals surface area contributed by atoms with E-state index in [1.54, 1.807) is 13.2 Å². The zero-order chi connectivity index (χ0) is 20.6. The van der Waals surface area contributed by atoms with Gasteiger partial charge in [0.1, 0.15) is 5.82 Å². The number of methoxy groups -OCH3 is 1. The van der Waals surface area contributed by atoms with Crippen LogP contribution in [0.4, 0.5) is 4.39 Å². The van der Waals surface area contributed by atoms with Gasteiger partial charge in [-0.3, -0.25) is 14.7 Å². The lowest BCUT2D eigenvalue weighted by atomic mass is 9.92. The molecule has 1 N–H and O–H groups in total. The Labute approximate surface area is 172 Å². The van der Waals surface area contributed by atoms with Crippen molar-refractivity contribution in [3.05, 3.63) is 65.2 Å². The van der Waals surface area contributed by atoms with Crippen LogP contribution in [0.15, 0.2) is 42.6 Å². The third-order valence-corrected chi connectivity index (χ3v) is 5.40. The maximum absolute atomic E-state index is 13.8. The molecule has 6 heteroatoms. The van der Waals surface area contributed by atoms with Crippen molar-refractivity contribution >= 4 is 5.91 Å². The number of likely N-dealkylation sites (tertiary alicyclic amines) is 1. The summed E-state index contributed by atoms with van der Waals surface area (Å²) in [7, 11) is 1.63. The van der Waals surface area contributed by atoms with Crippen molar-refractivity contribution in [2.75, 3.05) is 33.4 Å². The fraction of sp³-hybridized carbons (Fsp3) is 0.478. The van der Waals surface area contributed by atoms with E-state index in [0.29, 0.717) is 31.1 Å². The molecule has 1 fully saturated rings. The highest BCUT2D eigenvalue weighted by atomic mass is 19.1. The molecule has 0 radical (unpaired) electrons. The number of ether oxygens (including phenoxy) is 1. The van der Waals surface area contributed by atoms with Crippen LogP contribution >= 0.6 is 0 Å². The Kier molecular flexibility index (Phi) is 7.72. The summed E-state index contributed by atoms with van der Waals surface area (Å²) in [6, 6.07) is 11.0. The number of hydrogen-bond donors (Lipinski definition) is 1. The molecule has 1 aromatic heterocycles.